The van der Waals surface area contributed by atoms with Gasteiger partial charge in [-0.2, -0.15) is 10.2 Å². The number of thiazole rings is 1. The van der Waals surface area contributed by atoms with Crippen LogP contribution >= 0.6 is 22.9 Å². The lowest BCUT2D eigenvalue weighted by atomic mass is 10.1. The predicted molar refractivity (Wildman–Crippen MR) is 163 cm³/mol. The molecule has 0 aliphatic carbocycles. The van der Waals surface area contributed by atoms with Crippen LogP contribution in [0.25, 0.3) is 33.9 Å². The number of nitrogens with zero attached hydrogens (tertiary/aromatic N) is 6. The first-order valence-electron chi connectivity index (χ1n) is 12.6. The predicted octanol–water partition coefficient (Wildman–Crippen LogP) is 7.55. The molecule has 0 atom stereocenters. The largest absolute Gasteiger partial charge is 0.284 e. The Morgan fingerprint density at radius 2 is 1.46 bits per heavy atom. The number of halogens is 1. The Bertz CT molecular complexity index is 1910. The second-order valence-electron chi connectivity index (χ2n) is 8.94. The van der Waals surface area contributed by atoms with Crippen molar-refractivity contribution in [1.29, 1.82) is 0 Å². The van der Waals surface area contributed by atoms with Gasteiger partial charge in [0.25, 0.3) is 5.69 Å². The van der Waals surface area contributed by atoms with Crippen LogP contribution in [0.1, 0.15) is 5.56 Å². The van der Waals surface area contributed by atoms with Gasteiger partial charge in [0.2, 0.25) is 4.80 Å². The lowest BCUT2D eigenvalue weighted by Gasteiger charge is -2.08. The third kappa shape index (κ3) is 5.62. The van der Waals surface area contributed by atoms with Crippen molar-refractivity contribution in [3.63, 3.8) is 0 Å². The molecule has 0 bridgehead atoms. The van der Waals surface area contributed by atoms with E-state index >= 15 is 0 Å². The van der Waals surface area contributed by atoms with Gasteiger partial charge < -0.3 is 0 Å². The van der Waals surface area contributed by atoms with Crippen molar-refractivity contribution in [2.24, 2.45) is 10.2 Å². The summed E-state index contributed by atoms with van der Waals surface area (Å²) >= 11 is 7.56. The summed E-state index contributed by atoms with van der Waals surface area (Å²) in [7, 11) is 0. The quantitative estimate of drug-likeness (QED) is 0.112. The normalized spacial score (nSPS) is 11.8. The molecule has 0 N–H and O–H groups in total. The fraction of sp³-hybridized carbons (Fsp3) is 0. The van der Waals surface area contributed by atoms with Crippen LogP contribution in [-0.4, -0.2) is 25.5 Å². The zero-order chi connectivity index (χ0) is 28.2. The minimum Gasteiger partial charge on any atom is -0.284 e. The topological polar surface area (TPSA) is 90.6 Å². The van der Waals surface area contributed by atoms with Crippen molar-refractivity contribution >= 4 is 34.8 Å². The molecule has 2 aromatic heterocycles. The molecule has 4 aromatic carbocycles. The van der Waals surface area contributed by atoms with Gasteiger partial charge in [-0.05, 0) is 54.1 Å². The molecule has 6 aromatic rings. The van der Waals surface area contributed by atoms with Gasteiger partial charge in [0.05, 0.1) is 22.5 Å². The van der Waals surface area contributed by atoms with E-state index in [0.717, 1.165) is 39.5 Å². The molecule has 0 spiro atoms. The van der Waals surface area contributed by atoms with E-state index in [2.05, 4.69) is 10.2 Å². The van der Waals surface area contributed by atoms with Crippen LogP contribution in [0.3, 0.4) is 0 Å². The van der Waals surface area contributed by atoms with E-state index in [9.17, 15) is 10.1 Å². The zero-order valence-corrected chi connectivity index (χ0v) is 23.0. The van der Waals surface area contributed by atoms with E-state index in [0.29, 0.717) is 9.82 Å². The lowest BCUT2D eigenvalue weighted by Crippen LogP contribution is -2.13. The Hall–Kier alpha value is -5.12. The molecule has 0 aliphatic rings. The van der Waals surface area contributed by atoms with Crippen LogP contribution in [0.5, 0.6) is 0 Å². The van der Waals surface area contributed by atoms with Crippen molar-refractivity contribution in [3.05, 3.63) is 146 Å². The Balaban J connectivity index is 1.43. The second-order valence-corrected chi connectivity index (χ2v) is 10.2. The minimum atomic E-state index is -0.406. The van der Waals surface area contributed by atoms with E-state index in [-0.39, 0.29) is 5.69 Å². The molecule has 0 saturated carbocycles. The van der Waals surface area contributed by atoms with Crippen molar-refractivity contribution in [2.45, 2.75) is 0 Å². The molecule has 8 nitrogen and oxygen atoms in total. The number of aromatic nitrogens is 3. The summed E-state index contributed by atoms with van der Waals surface area (Å²) in [4.78, 5) is 11.4. The number of para-hydroxylation sites is 2. The molecule has 200 valence electrons. The smallest absolute Gasteiger partial charge is 0.269 e. The summed E-state index contributed by atoms with van der Waals surface area (Å²) in [6.45, 7) is 0. The summed E-state index contributed by atoms with van der Waals surface area (Å²) in [5, 5.41) is 27.6. The van der Waals surface area contributed by atoms with Gasteiger partial charge in [0.15, 0.2) is 0 Å². The monoisotopic (exact) mass is 576 g/mol. The fourth-order valence-electron chi connectivity index (χ4n) is 4.33. The maximum absolute atomic E-state index is 11.1. The van der Waals surface area contributed by atoms with E-state index in [4.69, 9.17) is 16.7 Å². The maximum atomic E-state index is 11.1. The third-order valence-corrected chi connectivity index (χ3v) is 7.39. The first-order valence-corrected chi connectivity index (χ1v) is 13.8. The molecule has 0 radical (unpaired) electrons. The number of nitro groups is 1. The van der Waals surface area contributed by atoms with E-state index < -0.39 is 4.92 Å². The van der Waals surface area contributed by atoms with E-state index in [1.165, 1.54) is 23.5 Å². The van der Waals surface area contributed by atoms with Crippen LogP contribution < -0.4 is 4.80 Å². The molecule has 6 rings (SSSR count). The number of hydrogen-bond donors (Lipinski definition) is 0. The molecule has 10 heteroatoms. The Morgan fingerprint density at radius 3 is 2.12 bits per heavy atom. The standard InChI is InChI=1S/C31H21ClN6O2S/c32-25-15-11-23(12-16-25)30-24(20-36(35-30)26-7-3-1-4-8-26)19-33-34-31-37(27-9-5-2-6-10-27)29(21-41-31)22-13-17-28(18-14-22)38(39)40/h1-21H/b33-19-,34-31-. The highest BCUT2D eigenvalue weighted by Gasteiger charge is 2.13. The summed E-state index contributed by atoms with van der Waals surface area (Å²) in [6, 6.07) is 33.6. The van der Waals surface area contributed by atoms with E-state index in [1.807, 2.05) is 106 Å². The third-order valence-electron chi connectivity index (χ3n) is 6.32. The highest BCUT2D eigenvalue weighted by molar-refractivity contribution is 7.07. The van der Waals surface area contributed by atoms with Crippen LogP contribution in [0.2, 0.25) is 5.02 Å². The van der Waals surface area contributed by atoms with Gasteiger partial charge in [-0.25, -0.2) is 4.68 Å². The molecular weight excluding hydrogens is 556 g/mol. The fourth-order valence-corrected chi connectivity index (χ4v) is 5.32. The van der Waals surface area contributed by atoms with Gasteiger partial charge in [0, 0.05) is 45.5 Å². The van der Waals surface area contributed by atoms with Gasteiger partial charge in [-0.3, -0.25) is 14.7 Å². The van der Waals surface area contributed by atoms with Crippen molar-refractivity contribution in [2.75, 3.05) is 0 Å². The molecule has 41 heavy (non-hydrogen) atoms. The van der Waals surface area contributed by atoms with Crippen molar-refractivity contribution in [1.82, 2.24) is 14.3 Å². The Morgan fingerprint density at radius 1 is 0.829 bits per heavy atom. The highest BCUT2D eigenvalue weighted by atomic mass is 35.5. The minimum absolute atomic E-state index is 0.0392. The van der Waals surface area contributed by atoms with Crippen LogP contribution in [0.15, 0.2) is 131 Å². The van der Waals surface area contributed by atoms with Gasteiger partial charge >= 0.3 is 0 Å². The summed E-state index contributed by atoms with van der Waals surface area (Å²) in [6.07, 6.45) is 3.61. The second kappa shape index (κ2) is 11.5. The lowest BCUT2D eigenvalue weighted by molar-refractivity contribution is -0.384. The number of rotatable bonds is 7. The molecule has 0 saturated heterocycles. The summed E-state index contributed by atoms with van der Waals surface area (Å²) in [5.74, 6) is 0. The summed E-state index contributed by atoms with van der Waals surface area (Å²) < 4.78 is 3.80. The Labute approximate surface area is 243 Å². The van der Waals surface area contributed by atoms with Gasteiger partial charge in [-0.15, -0.1) is 16.4 Å². The first kappa shape index (κ1) is 26.1. The maximum Gasteiger partial charge on any atom is 0.269 e. The van der Waals surface area contributed by atoms with Crippen molar-refractivity contribution < 1.29 is 4.92 Å². The number of hydrogen-bond acceptors (Lipinski definition) is 6. The number of non-ortho nitro benzene ring substituents is 1. The molecule has 0 unspecified atom stereocenters. The average molecular weight is 577 g/mol. The van der Waals surface area contributed by atoms with Crippen molar-refractivity contribution in [3.8, 4) is 33.9 Å². The average Bonchev–Trinajstić information content (AvgIpc) is 3.63. The zero-order valence-electron chi connectivity index (χ0n) is 21.4. The summed E-state index contributed by atoms with van der Waals surface area (Å²) in [5.41, 5.74) is 5.98. The molecule has 0 fully saturated rings. The number of benzene rings is 4. The molecule has 0 amide bonds. The number of nitro benzene ring substituents is 1. The first-order chi connectivity index (χ1) is 20.1. The van der Waals surface area contributed by atoms with Crippen LogP contribution in [0.4, 0.5) is 5.69 Å². The van der Waals surface area contributed by atoms with Crippen LogP contribution in [-0.2, 0) is 0 Å². The SMILES string of the molecule is O=[N+]([O-])c1ccc(-c2cs/c(=N\N=C/c3cn(-c4ccccc4)nc3-c3ccc(Cl)cc3)n2-c2ccccc2)cc1. The van der Waals surface area contributed by atoms with Gasteiger partial charge in [-0.1, -0.05) is 60.1 Å². The van der Waals surface area contributed by atoms with Crippen LogP contribution in [0, 0.1) is 10.1 Å². The Kier molecular flexibility index (Phi) is 7.36. The molecule has 2 heterocycles. The van der Waals surface area contributed by atoms with E-state index in [1.54, 1.807) is 18.3 Å². The van der Waals surface area contributed by atoms with Gasteiger partial charge in [0.1, 0.15) is 5.69 Å². The molecule has 0 aliphatic heterocycles. The highest BCUT2D eigenvalue weighted by Crippen LogP contribution is 2.26. The molecular formula is C31H21ClN6O2S.